The van der Waals surface area contributed by atoms with Crippen LogP contribution in [-0.2, 0) is 4.74 Å². The van der Waals surface area contributed by atoms with E-state index >= 15 is 0 Å². The Hall–Kier alpha value is -1.92. The minimum absolute atomic E-state index is 0.124. The molecule has 0 atom stereocenters. The zero-order chi connectivity index (χ0) is 16.7. The van der Waals surface area contributed by atoms with E-state index < -0.39 is 0 Å². The maximum absolute atomic E-state index is 12.0. The Kier molecular flexibility index (Phi) is 6.55. The van der Waals surface area contributed by atoms with Crippen molar-refractivity contribution in [2.75, 3.05) is 26.9 Å². The van der Waals surface area contributed by atoms with Crippen molar-refractivity contribution in [2.45, 2.75) is 13.8 Å². The number of nitrogens with zero attached hydrogens (tertiary/aromatic N) is 1. The first-order valence-electron chi connectivity index (χ1n) is 7.56. The summed E-state index contributed by atoms with van der Waals surface area (Å²) in [5, 5.41) is 5.48. The van der Waals surface area contributed by atoms with Gasteiger partial charge in [0.2, 0.25) is 0 Å². The fraction of sp³-hybridized carbons (Fsp3) is 0.412. The van der Waals surface area contributed by atoms with Gasteiger partial charge in [-0.05, 0) is 30.2 Å². The molecule has 124 valence electrons. The number of carbonyl (C=O) groups is 1. The summed E-state index contributed by atoms with van der Waals surface area (Å²) in [6.45, 7) is 5.85. The third kappa shape index (κ3) is 5.33. The van der Waals surface area contributed by atoms with Crippen LogP contribution in [0.5, 0.6) is 5.75 Å². The van der Waals surface area contributed by atoms with Crippen molar-refractivity contribution in [1.82, 2.24) is 10.3 Å². The molecular formula is C17H22N2O3S. The average molecular weight is 334 g/mol. The molecule has 23 heavy (non-hydrogen) atoms. The monoisotopic (exact) mass is 334 g/mol. The maximum Gasteiger partial charge on any atom is 0.270 e. The summed E-state index contributed by atoms with van der Waals surface area (Å²) >= 11 is 1.46. The van der Waals surface area contributed by atoms with Gasteiger partial charge in [-0.25, -0.2) is 4.98 Å². The van der Waals surface area contributed by atoms with Crippen molar-refractivity contribution in [3.05, 3.63) is 35.3 Å². The van der Waals surface area contributed by atoms with Crippen LogP contribution in [0.4, 0.5) is 0 Å². The first-order chi connectivity index (χ1) is 11.1. The Labute approximate surface area is 140 Å². The Bertz CT molecular complexity index is 623. The third-order valence-corrected chi connectivity index (χ3v) is 3.96. The number of hydrogen-bond acceptors (Lipinski definition) is 5. The van der Waals surface area contributed by atoms with Gasteiger partial charge in [0.25, 0.3) is 5.91 Å². The zero-order valence-corrected chi connectivity index (χ0v) is 14.5. The van der Waals surface area contributed by atoms with E-state index in [9.17, 15) is 4.79 Å². The van der Waals surface area contributed by atoms with Crippen molar-refractivity contribution < 1.29 is 14.3 Å². The zero-order valence-electron chi connectivity index (χ0n) is 13.7. The van der Waals surface area contributed by atoms with E-state index in [1.165, 1.54) is 11.3 Å². The van der Waals surface area contributed by atoms with Crippen LogP contribution in [0, 0.1) is 5.92 Å². The second kappa shape index (κ2) is 8.64. The number of hydrogen-bond donors (Lipinski definition) is 1. The van der Waals surface area contributed by atoms with Crippen LogP contribution in [0.3, 0.4) is 0 Å². The Balaban J connectivity index is 1.98. The molecule has 1 amide bonds. The van der Waals surface area contributed by atoms with Crippen LogP contribution in [-0.4, -0.2) is 37.8 Å². The predicted octanol–water partition coefficient (Wildman–Crippen LogP) is 3.22. The number of amides is 1. The quantitative estimate of drug-likeness (QED) is 0.753. The van der Waals surface area contributed by atoms with Crippen LogP contribution in [0.15, 0.2) is 29.6 Å². The largest absolute Gasteiger partial charge is 0.491 e. The van der Waals surface area contributed by atoms with Gasteiger partial charge in [-0.2, -0.15) is 0 Å². The number of methoxy groups -OCH3 is 1. The highest BCUT2D eigenvalue weighted by Crippen LogP contribution is 2.25. The molecule has 5 nitrogen and oxygen atoms in total. The van der Waals surface area contributed by atoms with Gasteiger partial charge in [0.05, 0.1) is 6.61 Å². The number of carbonyl (C=O) groups excluding carboxylic acids is 1. The summed E-state index contributed by atoms with van der Waals surface area (Å²) in [6, 6.07) is 7.67. The molecule has 0 bridgehead atoms. The van der Waals surface area contributed by atoms with Crippen molar-refractivity contribution in [3.63, 3.8) is 0 Å². The van der Waals surface area contributed by atoms with Gasteiger partial charge >= 0.3 is 0 Å². The van der Waals surface area contributed by atoms with Gasteiger partial charge in [-0.15, -0.1) is 11.3 Å². The number of aromatic nitrogens is 1. The maximum atomic E-state index is 12.0. The summed E-state index contributed by atoms with van der Waals surface area (Å²) in [5.74, 6) is 1.08. The highest BCUT2D eigenvalue weighted by atomic mass is 32.1. The normalized spacial score (nSPS) is 10.8. The van der Waals surface area contributed by atoms with E-state index in [4.69, 9.17) is 9.47 Å². The lowest BCUT2D eigenvalue weighted by molar-refractivity contribution is 0.0945. The number of ether oxygens (including phenoxy) is 2. The van der Waals surface area contributed by atoms with E-state index in [2.05, 4.69) is 24.1 Å². The van der Waals surface area contributed by atoms with Gasteiger partial charge < -0.3 is 14.8 Å². The smallest absolute Gasteiger partial charge is 0.270 e. The molecule has 0 saturated heterocycles. The molecule has 0 saturated carbocycles. The van der Waals surface area contributed by atoms with Crippen LogP contribution >= 0.6 is 11.3 Å². The Morgan fingerprint density at radius 1 is 1.26 bits per heavy atom. The summed E-state index contributed by atoms with van der Waals surface area (Å²) in [6.07, 6.45) is 0. The van der Waals surface area contributed by atoms with Crippen molar-refractivity contribution >= 4 is 17.2 Å². The molecule has 1 N–H and O–H groups in total. The minimum atomic E-state index is -0.124. The van der Waals surface area contributed by atoms with Gasteiger partial charge in [-0.3, -0.25) is 4.79 Å². The van der Waals surface area contributed by atoms with E-state index in [1.807, 2.05) is 24.3 Å². The van der Waals surface area contributed by atoms with E-state index in [1.54, 1.807) is 12.5 Å². The number of benzene rings is 1. The van der Waals surface area contributed by atoms with Crippen LogP contribution < -0.4 is 10.1 Å². The lowest BCUT2D eigenvalue weighted by Crippen LogP contribution is -2.27. The first-order valence-corrected chi connectivity index (χ1v) is 8.44. The van der Waals surface area contributed by atoms with E-state index in [0.717, 1.165) is 16.3 Å². The number of rotatable bonds is 8. The van der Waals surface area contributed by atoms with Gasteiger partial charge in [0.15, 0.2) is 0 Å². The van der Waals surface area contributed by atoms with Crippen LogP contribution in [0.1, 0.15) is 24.3 Å². The molecular weight excluding hydrogens is 312 g/mol. The predicted molar refractivity (Wildman–Crippen MR) is 92.1 cm³/mol. The van der Waals surface area contributed by atoms with Crippen LogP contribution in [0.2, 0.25) is 0 Å². The Morgan fingerprint density at radius 3 is 2.65 bits per heavy atom. The molecule has 0 fully saturated rings. The molecule has 6 heteroatoms. The van der Waals surface area contributed by atoms with Crippen molar-refractivity contribution in [2.24, 2.45) is 5.92 Å². The van der Waals surface area contributed by atoms with Gasteiger partial charge in [0, 0.05) is 24.6 Å². The molecule has 2 aromatic rings. The average Bonchev–Trinajstić information content (AvgIpc) is 3.03. The van der Waals surface area contributed by atoms with Gasteiger partial charge in [-0.1, -0.05) is 13.8 Å². The topological polar surface area (TPSA) is 60.5 Å². The molecule has 1 heterocycles. The van der Waals surface area contributed by atoms with Crippen molar-refractivity contribution in [3.8, 4) is 16.3 Å². The fourth-order valence-electron chi connectivity index (χ4n) is 1.83. The molecule has 0 radical (unpaired) electrons. The summed E-state index contributed by atoms with van der Waals surface area (Å²) in [5.41, 5.74) is 1.43. The summed E-state index contributed by atoms with van der Waals surface area (Å²) in [4.78, 5) is 16.4. The molecule has 0 spiro atoms. The standard InChI is InChI=1S/C17H22N2O3S/c1-12(2)10-18-16(20)15-11-23-17(19-15)13-4-6-14(7-5-13)22-9-8-21-3/h4-7,11-12H,8-10H2,1-3H3,(H,18,20). The first kappa shape index (κ1) is 17.4. The molecule has 0 aliphatic rings. The number of nitrogens with one attached hydrogen (secondary N) is 1. The van der Waals surface area contributed by atoms with E-state index in [0.29, 0.717) is 31.4 Å². The van der Waals surface area contributed by atoms with Gasteiger partial charge in [0.1, 0.15) is 23.1 Å². The Morgan fingerprint density at radius 2 is 2.00 bits per heavy atom. The third-order valence-electron chi connectivity index (χ3n) is 3.07. The summed E-state index contributed by atoms with van der Waals surface area (Å²) in [7, 11) is 1.64. The highest BCUT2D eigenvalue weighted by molar-refractivity contribution is 7.13. The molecule has 0 unspecified atom stereocenters. The van der Waals surface area contributed by atoms with Crippen molar-refractivity contribution in [1.29, 1.82) is 0 Å². The highest BCUT2D eigenvalue weighted by Gasteiger charge is 2.12. The second-order valence-corrected chi connectivity index (χ2v) is 6.37. The second-order valence-electron chi connectivity index (χ2n) is 5.51. The van der Waals surface area contributed by atoms with E-state index in [-0.39, 0.29) is 5.91 Å². The minimum Gasteiger partial charge on any atom is -0.491 e. The van der Waals surface area contributed by atoms with Crippen LogP contribution in [0.25, 0.3) is 10.6 Å². The fourth-order valence-corrected chi connectivity index (χ4v) is 2.64. The molecule has 2 rings (SSSR count). The molecule has 0 aliphatic carbocycles. The number of thiazole rings is 1. The lowest BCUT2D eigenvalue weighted by atomic mass is 10.2. The lowest BCUT2D eigenvalue weighted by Gasteiger charge is -2.06. The SMILES string of the molecule is COCCOc1ccc(-c2nc(C(=O)NCC(C)C)cs2)cc1. The molecule has 1 aromatic heterocycles. The molecule has 1 aromatic carbocycles. The molecule has 0 aliphatic heterocycles. The summed E-state index contributed by atoms with van der Waals surface area (Å²) < 4.78 is 10.5.